The van der Waals surface area contributed by atoms with E-state index in [1.807, 2.05) is 6.92 Å². The molecule has 1 saturated heterocycles. The molecular weight excluding hydrogens is 176 g/mol. The first-order valence-electron chi connectivity index (χ1n) is 4.88. The Hall–Kier alpha value is -0.930. The second-order valence-corrected chi connectivity index (χ2v) is 3.43. The minimum Gasteiger partial charge on any atom is -0.379 e. The summed E-state index contributed by atoms with van der Waals surface area (Å²) in [4.78, 5) is 6.62. The highest BCUT2D eigenvalue weighted by molar-refractivity contribution is 5.96. The summed E-state index contributed by atoms with van der Waals surface area (Å²) >= 11 is 0. The molecule has 3 heteroatoms. The highest BCUT2D eigenvalue weighted by Gasteiger charge is 2.11. The van der Waals surface area contributed by atoms with Gasteiger partial charge in [-0.3, -0.25) is 9.89 Å². The second-order valence-electron chi connectivity index (χ2n) is 3.43. The van der Waals surface area contributed by atoms with Gasteiger partial charge in [-0.05, 0) is 13.0 Å². The van der Waals surface area contributed by atoms with E-state index in [2.05, 4.69) is 23.1 Å². The zero-order valence-corrected chi connectivity index (χ0v) is 8.83. The Balaban J connectivity index is 2.46. The number of allylic oxidation sites excluding steroid dienone is 1. The third kappa shape index (κ3) is 3.85. The molecule has 0 unspecified atom stereocenters. The Bertz CT molecular complexity index is 240. The van der Waals surface area contributed by atoms with Crippen molar-refractivity contribution in [2.75, 3.05) is 32.8 Å². The van der Waals surface area contributed by atoms with Gasteiger partial charge in [0.2, 0.25) is 0 Å². The summed E-state index contributed by atoms with van der Waals surface area (Å²) in [5.74, 6) is 0. The summed E-state index contributed by atoms with van der Waals surface area (Å²) in [6, 6.07) is 0. The molecule has 0 aliphatic carbocycles. The van der Waals surface area contributed by atoms with Gasteiger partial charge in [-0.15, -0.1) is 0 Å². The van der Waals surface area contributed by atoms with Crippen LogP contribution in [0, 0.1) is 0 Å². The van der Waals surface area contributed by atoms with Crippen LogP contribution in [0.5, 0.6) is 0 Å². The zero-order valence-electron chi connectivity index (χ0n) is 8.83. The van der Waals surface area contributed by atoms with Crippen molar-refractivity contribution in [1.29, 1.82) is 0 Å². The molecular formula is C11H18N2O. The summed E-state index contributed by atoms with van der Waals surface area (Å²) in [5, 5.41) is 0. The summed E-state index contributed by atoms with van der Waals surface area (Å²) in [6.07, 6.45) is 1.80. The molecule has 0 saturated carbocycles. The van der Waals surface area contributed by atoms with Crippen molar-refractivity contribution < 1.29 is 4.74 Å². The van der Waals surface area contributed by atoms with Gasteiger partial charge in [0, 0.05) is 25.3 Å². The average Bonchev–Trinajstić information content (AvgIpc) is 2.17. The zero-order chi connectivity index (χ0) is 10.4. The van der Waals surface area contributed by atoms with E-state index in [9.17, 15) is 0 Å². The smallest absolute Gasteiger partial charge is 0.0594 e. The SMILES string of the molecule is C=CC(CN1CCOCC1)=NC(=C)C. The molecule has 1 aliphatic rings. The van der Waals surface area contributed by atoms with E-state index in [1.54, 1.807) is 6.08 Å². The number of hydrogen-bond donors (Lipinski definition) is 0. The minimum atomic E-state index is 0.817. The molecule has 0 aromatic carbocycles. The molecule has 1 aliphatic heterocycles. The number of nitrogens with zero attached hydrogens (tertiary/aromatic N) is 2. The van der Waals surface area contributed by atoms with Gasteiger partial charge in [0.15, 0.2) is 0 Å². The van der Waals surface area contributed by atoms with Gasteiger partial charge in [0.05, 0.1) is 18.9 Å². The molecule has 0 amide bonds. The standard InChI is InChI=1S/C11H18N2O/c1-4-11(12-10(2)3)9-13-5-7-14-8-6-13/h4H,1-2,5-9H2,3H3. The molecule has 0 radical (unpaired) electrons. The molecule has 14 heavy (non-hydrogen) atoms. The molecule has 0 aromatic heterocycles. The van der Waals surface area contributed by atoms with E-state index in [0.717, 1.165) is 44.3 Å². The van der Waals surface area contributed by atoms with Crippen molar-refractivity contribution in [3.63, 3.8) is 0 Å². The first kappa shape index (κ1) is 11.1. The van der Waals surface area contributed by atoms with Crippen LogP contribution in [0.2, 0.25) is 0 Å². The number of hydrogen-bond acceptors (Lipinski definition) is 3. The Morgan fingerprint density at radius 2 is 2.14 bits per heavy atom. The van der Waals surface area contributed by atoms with Crippen LogP contribution in [-0.4, -0.2) is 43.5 Å². The number of aliphatic imine (C=N–C) groups is 1. The summed E-state index contributed by atoms with van der Waals surface area (Å²) in [6.45, 7) is 13.8. The summed E-state index contributed by atoms with van der Waals surface area (Å²) < 4.78 is 5.27. The average molecular weight is 194 g/mol. The van der Waals surface area contributed by atoms with Crippen molar-refractivity contribution in [2.45, 2.75) is 6.92 Å². The lowest BCUT2D eigenvalue weighted by atomic mass is 10.3. The van der Waals surface area contributed by atoms with Crippen LogP contribution in [0.4, 0.5) is 0 Å². The molecule has 3 nitrogen and oxygen atoms in total. The normalized spacial score (nSPS) is 19.4. The summed E-state index contributed by atoms with van der Waals surface area (Å²) in [7, 11) is 0. The fourth-order valence-corrected chi connectivity index (χ4v) is 1.38. The highest BCUT2D eigenvalue weighted by Crippen LogP contribution is 1.99. The fraction of sp³-hybridized carbons (Fsp3) is 0.545. The molecule has 1 rings (SSSR count). The predicted molar refractivity (Wildman–Crippen MR) is 59.7 cm³/mol. The van der Waals surface area contributed by atoms with Crippen LogP contribution in [-0.2, 0) is 4.74 Å². The van der Waals surface area contributed by atoms with Gasteiger partial charge in [0.25, 0.3) is 0 Å². The third-order valence-electron chi connectivity index (χ3n) is 2.06. The molecule has 0 spiro atoms. The highest BCUT2D eigenvalue weighted by atomic mass is 16.5. The van der Waals surface area contributed by atoms with Crippen LogP contribution in [0.3, 0.4) is 0 Å². The van der Waals surface area contributed by atoms with Crippen molar-refractivity contribution in [2.24, 2.45) is 4.99 Å². The van der Waals surface area contributed by atoms with Gasteiger partial charge < -0.3 is 4.74 Å². The first-order chi connectivity index (χ1) is 6.72. The molecule has 0 atom stereocenters. The van der Waals surface area contributed by atoms with E-state index in [4.69, 9.17) is 4.74 Å². The third-order valence-corrected chi connectivity index (χ3v) is 2.06. The predicted octanol–water partition coefficient (Wildman–Crippen LogP) is 1.48. The molecule has 0 N–H and O–H groups in total. The van der Waals surface area contributed by atoms with Crippen LogP contribution in [0.1, 0.15) is 6.92 Å². The van der Waals surface area contributed by atoms with E-state index in [0.29, 0.717) is 0 Å². The number of rotatable bonds is 4. The van der Waals surface area contributed by atoms with Crippen molar-refractivity contribution >= 4 is 5.71 Å². The maximum absolute atomic E-state index is 5.27. The maximum atomic E-state index is 5.27. The molecule has 78 valence electrons. The lowest BCUT2D eigenvalue weighted by Gasteiger charge is -2.26. The lowest BCUT2D eigenvalue weighted by Crippen LogP contribution is -2.39. The van der Waals surface area contributed by atoms with Crippen LogP contribution >= 0.6 is 0 Å². The van der Waals surface area contributed by atoms with Crippen molar-refractivity contribution in [3.8, 4) is 0 Å². The Morgan fingerprint density at radius 3 is 2.64 bits per heavy atom. The molecule has 1 heterocycles. The second kappa shape index (κ2) is 5.73. The monoisotopic (exact) mass is 194 g/mol. The van der Waals surface area contributed by atoms with Crippen LogP contribution < -0.4 is 0 Å². The Morgan fingerprint density at radius 1 is 1.50 bits per heavy atom. The van der Waals surface area contributed by atoms with Crippen LogP contribution in [0.15, 0.2) is 29.9 Å². The van der Waals surface area contributed by atoms with Crippen molar-refractivity contribution in [1.82, 2.24) is 4.90 Å². The van der Waals surface area contributed by atoms with Gasteiger partial charge in [-0.25, -0.2) is 0 Å². The fourth-order valence-electron chi connectivity index (χ4n) is 1.38. The summed E-state index contributed by atoms with van der Waals surface area (Å²) in [5.41, 5.74) is 1.81. The van der Waals surface area contributed by atoms with Crippen molar-refractivity contribution in [3.05, 3.63) is 24.9 Å². The minimum absolute atomic E-state index is 0.817. The Kier molecular flexibility index (Phi) is 4.56. The van der Waals surface area contributed by atoms with Gasteiger partial charge in [-0.2, -0.15) is 0 Å². The first-order valence-corrected chi connectivity index (χ1v) is 4.88. The molecule has 1 fully saturated rings. The Labute approximate surface area is 85.8 Å². The largest absolute Gasteiger partial charge is 0.379 e. The number of morpholine rings is 1. The quantitative estimate of drug-likeness (QED) is 0.633. The lowest BCUT2D eigenvalue weighted by molar-refractivity contribution is 0.0454. The number of ether oxygens (including phenoxy) is 1. The van der Waals surface area contributed by atoms with E-state index >= 15 is 0 Å². The van der Waals surface area contributed by atoms with Crippen LogP contribution in [0.25, 0.3) is 0 Å². The van der Waals surface area contributed by atoms with Gasteiger partial charge >= 0.3 is 0 Å². The molecule has 0 bridgehead atoms. The van der Waals surface area contributed by atoms with E-state index < -0.39 is 0 Å². The van der Waals surface area contributed by atoms with Gasteiger partial charge in [-0.1, -0.05) is 13.2 Å². The molecule has 0 aromatic rings. The van der Waals surface area contributed by atoms with E-state index in [1.165, 1.54) is 0 Å². The van der Waals surface area contributed by atoms with E-state index in [-0.39, 0.29) is 0 Å². The maximum Gasteiger partial charge on any atom is 0.0594 e. The topological polar surface area (TPSA) is 24.8 Å². The van der Waals surface area contributed by atoms with Gasteiger partial charge in [0.1, 0.15) is 0 Å².